The molecule has 0 aliphatic rings. The number of aryl methyl sites for hydroxylation is 1. The van der Waals surface area contributed by atoms with Crippen LogP contribution in [-0.4, -0.2) is 64.1 Å². The monoisotopic (exact) mass is 676 g/mol. The van der Waals surface area contributed by atoms with Crippen LogP contribution in [0.25, 0.3) is 10.2 Å². The van der Waals surface area contributed by atoms with Gasteiger partial charge in [0.2, 0.25) is 23.5 Å². The topological polar surface area (TPSA) is 195 Å². The molecule has 47 heavy (non-hydrogen) atoms. The second-order valence-electron chi connectivity index (χ2n) is 11.4. The number of carbonyl (C=O) groups excluding carboxylic acids is 4. The van der Waals surface area contributed by atoms with Gasteiger partial charge in [-0.15, -0.1) is 22.7 Å². The summed E-state index contributed by atoms with van der Waals surface area (Å²) in [5.74, 6) is -2.10. The van der Waals surface area contributed by atoms with Crippen molar-refractivity contribution >= 4 is 62.4 Å². The van der Waals surface area contributed by atoms with Gasteiger partial charge in [-0.2, -0.15) is 0 Å². The van der Waals surface area contributed by atoms with Gasteiger partial charge in [-0.05, 0) is 42.9 Å². The van der Waals surface area contributed by atoms with E-state index in [4.69, 9.17) is 11.5 Å². The number of para-hydroxylation sites is 1. The molecule has 0 saturated carbocycles. The maximum Gasteiger partial charge on any atom is 0.243 e. The Balaban J connectivity index is 1.47. The highest BCUT2D eigenvalue weighted by Gasteiger charge is 2.32. The van der Waals surface area contributed by atoms with Crippen LogP contribution >= 0.6 is 22.7 Å². The number of carbonyl (C=O) groups is 4. The number of fused-ring (bicyclic) bond motifs is 1. The van der Waals surface area contributed by atoms with Crippen molar-refractivity contribution in [3.8, 4) is 0 Å². The predicted molar refractivity (Wildman–Crippen MR) is 185 cm³/mol. The third-order valence-corrected chi connectivity index (χ3v) is 9.05. The van der Waals surface area contributed by atoms with Gasteiger partial charge in [0, 0.05) is 24.8 Å². The lowest BCUT2D eigenvalue weighted by Crippen LogP contribution is -2.57. The van der Waals surface area contributed by atoms with Gasteiger partial charge < -0.3 is 27.4 Å². The SMILES string of the molecule is CC(C)[C@H](NC(=O)[C@H](Cc1cscn1)NC(=O)CCc1ccccc1)C(=O)N[C@@H](CCCN=C(N)N)C(=O)c1nc2ccccc2s1. The molecule has 3 amide bonds. The number of nitrogens with zero attached hydrogens (tertiary/aromatic N) is 3. The van der Waals surface area contributed by atoms with Gasteiger partial charge in [-0.3, -0.25) is 24.2 Å². The van der Waals surface area contributed by atoms with Crippen molar-refractivity contribution in [3.05, 3.63) is 81.8 Å². The van der Waals surface area contributed by atoms with Crippen LogP contribution in [0.2, 0.25) is 0 Å². The smallest absolute Gasteiger partial charge is 0.243 e. The van der Waals surface area contributed by atoms with E-state index in [2.05, 4.69) is 30.9 Å². The van der Waals surface area contributed by atoms with E-state index in [1.807, 2.05) is 60.0 Å². The quantitative estimate of drug-likeness (QED) is 0.0487. The number of thiazole rings is 2. The van der Waals surface area contributed by atoms with Crippen LogP contribution in [-0.2, 0) is 27.2 Å². The molecule has 0 saturated heterocycles. The molecule has 248 valence electrons. The van der Waals surface area contributed by atoms with Crippen molar-refractivity contribution < 1.29 is 19.2 Å². The second kappa shape index (κ2) is 17.3. The van der Waals surface area contributed by atoms with Gasteiger partial charge in [-0.1, -0.05) is 56.3 Å². The summed E-state index contributed by atoms with van der Waals surface area (Å²) in [5, 5.41) is 10.6. The number of aromatic nitrogens is 2. The van der Waals surface area contributed by atoms with E-state index in [-0.39, 0.29) is 54.4 Å². The summed E-state index contributed by atoms with van der Waals surface area (Å²) in [7, 11) is 0. The first-order valence-electron chi connectivity index (χ1n) is 15.4. The standard InChI is InChI=1S/C33H40N8O4S2/c1-20(2)28(41-30(44)25(17-22-18-46-19-37-22)38-27(42)15-14-21-9-4-3-5-10-21)31(45)39-24(12-8-16-36-33(34)35)29(43)32-40-23-11-6-7-13-26(23)47-32/h3-7,9-11,13,18-20,24-25,28H,8,12,14-17H2,1-2H3,(H,38,42)(H,39,45)(H,41,44)(H4,34,35,36)/t24-,25-,28-/m0/s1. The maximum absolute atomic E-state index is 13.7. The molecule has 0 aliphatic carbocycles. The Morgan fingerprint density at radius 1 is 0.915 bits per heavy atom. The van der Waals surface area contributed by atoms with Crippen LogP contribution in [0.3, 0.4) is 0 Å². The Hall–Kier alpha value is -4.69. The number of aliphatic imine (C=N–C) groups is 1. The Labute approximate surface area is 281 Å². The van der Waals surface area contributed by atoms with Crippen molar-refractivity contribution in [1.29, 1.82) is 0 Å². The van der Waals surface area contributed by atoms with Crippen LogP contribution < -0.4 is 27.4 Å². The summed E-state index contributed by atoms with van der Waals surface area (Å²) in [6, 6.07) is 14.1. The first-order chi connectivity index (χ1) is 22.6. The highest BCUT2D eigenvalue weighted by Crippen LogP contribution is 2.23. The number of hydrogen-bond acceptors (Lipinski definition) is 9. The third-order valence-electron chi connectivity index (χ3n) is 7.36. The molecule has 2 aromatic carbocycles. The molecule has 0 aliphatic heterocycles. The summed E-state index contributed by atoms with van der Waals surface area (Å²) >= 11 is 2.63. The fraction of sp³-hybridized carbons (Fsp3) is 0.364. The van der Waals surface area contributed by atoms with E-state index in [9.17, 15) is 19.2 Å². The van der Waals surface area contributed by atoms with Gasteiger partial charge >= 0.3 is 0 Å². The van der Waals surface area contributed by atoms with Gasteiger partial charge in [-0.25, -0.2) is 9.97 Å². The summed E-state index contributed by atoms with van der Waals surface area (Å²) in [4.78, 5) is 66.8. The van der Waals surface area contributed by atoms with Crippen molar-refractivity contribution in [3.63, 3.8) is 0 Å². The van der Waals surface area contributed by atoms with E-state index in [1.165, 1.54) is 22.7 Å². The molecule has 0 bridgehead atoms. The molecule has 4 rings (SSSR count). The number of nitrogens with two attached hydrogens (primary N) is 2. The van der Waals surface area contributed by atoms with E-state index < -0.39 is 29.9 Å². The fourth-order valence-corrected chi connectivity index (χ4v) is 6.41. The largest absolute Gasteiger partial charge is 0.370 e. The lowest BCUT2D eigenvalue weighted by atomic mass is 10.00. The fourth-order valence-electron chi connectivity index (χ4n) is 4.88. The zero-order valence-corrected chi connectivity index (χ0v) is 28.0. The van der Waals surface area contributed by atoms with Crippen LogP contribution in [0.4, 0.5) is 0 Å². The molecule has 14 heteroatoms. The molecule has 0 radical (unpaired) electrons. The number of hydrogen-bond donors (Lipinski definition) is 5. The highest BCUT2D eigenvalue weighted by atomic mass is 32.1. The number of guanidine groups is 1. The highest BCUT2D eigenvalue weighted by molar-refractivity contribution is 7.20. The zero-order chi connectivity index (χ0) is 33.8. The average Bonchev–Trinajstić information content (AvgIpc) is 3.73. The minimum atomic E-state index is -0.995. The summed E-state index contributed by atoms with van der Waals surface area (Å²) in [6.45, 7) is 3.86. The maximum atomic E-state index is 13.7. The lowest BCUT2D eigenvalue weighted by molar-refractivity contribution is -0.133. The van der Waals surface area contributed by atoms with E-state index >= 15 is 0 Å². The van der Waals surface area contributed by atoms with Gasteiger partial charge in [0.1, 0.15) is 12.1 Å². The number of amides is 3. The average molecular weight is 677 g/mol. The minimum Gasteiger partial charge on any atom is -0.370 e. The molecule has 0 fully saturated rings. The van der Waals surface area contributed by atoms with Crippen LogP contribution in [0, 0.1) is 5.92 Å². The van der Waals surface area contributed by atoms with Crippen LogP contribution in [0.5, 0.6) is 0 Å². The lowest BCUT2D eigenvalue weighted by Gasteiger charge is -2.27. The van der Waals surface area contributed by atoms with Crippen molar-refractivity contribution in [2.24, 2.45) is 22.4 Å². The molecule has 3 atom stereocenters. The third kappa shape index (κ3) is 10.7. The molecule has 0 spiro atoms. The zero-order valence-electron chi connectivity index (χ0n) is 26.3. The summed E-state index contributed by atoms with van der Waals surface area (Å²) in [5.41, 5.74) is 14.9. The summed E-state index contributed by atoms with van der Waals surface area (Å²) in [6.07, 6.45) is 1.53. The minimum absolute atomic E-state index is 0.0648. The number of rotatable bonds is 17. The predicted octanol–water partition coefficient (Wildman–Crippen LogP) is 2.98. The molecule has 2 aromatic heterocycles. The second-order valence-corrected chi connectivity index (χ2v) is 13.1. The first-order valence-corrected chi connectivity index (χ1v) is 17.1. The Morgan fingerprint density at radius 3 is 2.34 bits per heavy atom. The van der Waals surface area contributed by atoms with Gasteiger partial charge in [0.15, 0.2) is 11.0 Å². The Kier molecular flexibility index (Phi) is 12.9. The normalized spacial score (nSPS) is 13.0. The van der Waals surface area contributed by atoms with Crippen molar-refractivity contribution in [1.82, 2.24) is 25.9 Å². The molecule has 2 heterocycles. The van der Waals surface area contributed by atoms with Crippen molar-refractivity contribution in [2.45, 2.75) is 64.1 Å². The number of ketones is 1. The van der Waals surface area contributed by atoms with E-state index in [0.717, 1.165) is 10.3 Å². The van der Waals surface area contributed by atoms with Gasteiger partial charge in [0.25, 0.3) is 0 Å². The Morgan fingerprint density at radius 2 is 1.66 bits per heavy atom. The number of nitrogens with one attached hydrogen (secondary N) is 3. The molecule has 7 N–H and O–H groups in total. The van der Waals surface area contributed by atoms with Crippen LogP contribution in [0.15, 0.2) is 70.5 Å². The molecule has 0 unspecified atom stereocenters. The van der Waals surface area contributed by atoms with Crippen LogP contribution in [0.1, 0.15) is 54.2 Å². The number of Topliss-reactive ketones (excluding diaryl/α,β-unsaturated/α-hetero) is 1. The molecular formula is C33H40N8O4S2. The molecular weight excluding hydrogens is 637 g/mol. The number of benzene rings is 2. The van der Waals surface area contributed by atoms with Gasteiger partial charge in [0.05, 0.1) is 27.5 Å². The van der Waals surface area contributed by atoms with E-state index in [0.29, 0.717) is 24.1 Å². The Bertz CT molecular complexity index is 1640. The molecule has 12 nitrogen and oxygen atoms in total. The molecule has 4 aromatic rings. The van der Waals surface area contributed by atoms with Crippen molar-refractivity contribution in [2.75, 3.05) is 6.54 Å². The summed E-state index contributed by atoms with van der Waals surface area (Å²) < 4.78 is 0.853. The van der Waals surface area contributed by atoms with E-state index in [1.54, 1.807) is 19.4 Å². The first kappa shape index (κ1) is 35.2.